The Balaban J connectivity index is 1.46. The molecule has 170 valence electrons. The fourth-order valence-corrected chi connectivity index (χ4v) is 4.41. The molecule has 0 bridgehead atoms. The van der Waals surface area contributed by atoms with Crippen LogP contribution >= 0.6 is 0 Å². The molecule has 12 heteroatoms. The highest BCUT2D eigenvalue weighted by molar-refractivity contribution is 5.91. The average molecular weight is 456 g/mol. The van der Waals surface area contributed by atoms with Gasteiger partial charge in [-0.15, -0.1) is 0 Å². The topological polar surface area (TPSA) is 97.0 Å². The lowest BCUT2D eigenvalue weighted by Gasteiger charge is -2.33. The van der Waals surface area contributed by atoms with Crippen molar-refractivity contribution in [3.63, 3.8) is 0 Å². The lowest BCUT2D eigenvalue weighted by atomic mass is 9.99. The Bertz CT molecular complexity index is 1380. The smallest absolute Gasteiger partial charge is 0.348 e. The zero-order valence-electron chi connectivity index (χ0n) is 17.5. The van der Waals surface area contributed by atoms with Crippen LogP contribution in [0.3, 0.4) is 0 Å². The first-order valence-electron chi connectivity index (χ1n) is 10.6. The van der Waals surface area contributed by atoms with Gasteiger partial charge in [0, 0.05) is 31.6 Å². The molecule has 4 aromatic rings. The molecule has 9 nitrogen and oxygen atoms in total. The molecule has 2 aliphatic rings. The number of pyridine rings is 1. The summed E-state index contributed by atoms with van der Waals surface area (Å²) in [6.45, 7) is 0.338. The maximum absolute atomic E-state index is 13.6. The SMILES string of the molecule is Cn1nc(C2CC2)nc1C(=O)N1CCc2[nH]cnc2[C@H]1c1cc2cccc(C(F)(F)F)n2n1. The summed E-state index contributed by atoms with van der Waals surface area (Å²) < 4.78 is 43.0. The maximum Gasteiger partial charge on any atom is 0.433 e. The van der Waals surface area contributed by atoms with E-state index in [2.05, 4.69) is 25.1 Å². The predicted octanol–water partition coefficient (Wildman–Crippen LogP) is 2.87. The predicted molar refractivity (Wildman–Crippen MR) is 108 cm³/mol. The summed E-state index contributed by atoms with van der Waals surface area (Å²) in [7, 11) is 1.67. The number of halogens is 3. The number of rotatable bonds is 3. The lowest BCUT2D eigenvalue weighted by molar-refractivity contribution is -0.142. The summed E-state index contributed by atoms with van der Waals surface area (Å²) in [5.74, 6) is 0.772. The Kier molecular flexibility index (Phi) is 4.17. The third kappa shape index (κ3) is 3.19. The molecule has 1 saturated carbocycles. The standard InChI is InChI=1S/C21H19F3N8O/c1-30-19(27-18(29-30)11-5-6-11)20(33)31-8-7-13-16(26-10-25-13)17(31)14-9-12-3-2-4-15(21(22,23)24)32(12)28-14/h2-4,9-11,17H,5-8H2,1H3,(H,25,26)/t17-/m1/s1. The van der Waals surface area contributed by atoms with Crippen LogP contribution in [-0.4, -0.2) is 51.7 Å². The third-order valence-electron chi connectivity index (χ3n) is 6.17. The van der Waals surface area contributed by atoms with Crippen molar-refractivity contribution < 1.29 is 18.0 Å². The van der Waals surface area contributed by atoms with Crippen molar-refractivity contribution in [3.05, 3.63) is 65.0 Å². The Morgan fingerprint density at radius 1 is 1.21 bits per heavy atom. The van der Waals surface area contributed by atoms with Crippen molar-refractivity contribution in [2.45, 2.75) is 37.4 Å². The van der Waals surface area contributed by atoms with Crippen molar-refractivity contribution in [1.29, 1.82) is 0 Å². The molecule has 1 fully saturated rings. The van der Waals surface area contributed by atoms with Gasteiger partial charge in [-0.05, 0) is 31.0 Å². The third-order valence-corrected chi connectivity index (χ3v) is 6.17. The van der Waals surface area contributed by atoms with Gasteiger partial charge < -0.3 is 9.88 Å². The van der Waals surface area contributed by atoms with E-state index in [0.29, 0.717) is 30.2 Å². The number of carbonyl (C=O) groups is 1. The number of hydrogen-bond donors (Lipinski definition) is 1. The normalized spacial score (nSPS) is 18.7. The van der Waals surface area contributed by atoms with Gasteiger partial charge in [0.2, 0.25) is 5.82 Å². The van der Waals surface area contributed by atoms with Gasteiger partial charge in [-0.1, -0.05) is 6.07 Å². The monoisotopic (exact) mass is 456 g/mol. The first-order valence-corrected chi connectivity index (χ1v) is 10.6. The summed E-state index contributed by atoms with van der Waals surface area (Å²) in [4.78, 5) is 27.1. The molecule has 0 unspecified atom stereocenters. The number of amides is 1. The van der Waals surface area contributed by atoms with Gasteiger partial charge in [-0.25, -0.2) is 19.2 Å². The van der Waals surface area contributed by atoms with Gasteiger partial charge in [0.05, 0.1) is 23.2 Å². The second kappa shape index (κ2) is 6.90. The van der Waals surface area contributed by atoms with Crippen molar-refractivity contribution in [2.75, 3.05) is 6.54 Å². The molecule has 1 atom stereocenters. The number of carbonyl (C=O) groups excluding carboxylic acids is 1. The number of nitrogens with one attached hydrogen (secondary N) is 1. The minimum atomic E-state index is -4.57. The fraction of sp³-hybridized carbons (Fsp3) is 0.381. The number of imidazole rings is 1. The second-order valence-corrected chi connectivity index (χ2v) is 8.42. The Hall–Kier alpha value is -3.70. The molecule has 0 aromatic carbocycles. The number of alkyl halides is 3. The van der Waals surface area contributed by atoms with Crippen LogP contribution < -0.4 is 0 Å². The van der Waals surface area contributed by atoms with E-state index >= 15 is 0 Å². The Morgan fingerprint density at radius 2 is 2.03 bits per heavy atom. The van der Waals surface area contributed by atoms with E-state index in [1.54, 1.807) is 24.1 Å². The molecule has 1 aliphatic carbocycles. The van der Waals surface area contributed by atoms with E-state index in [4.69, 9.17) is 0 Å². The highest BCUT2D eigenvalue weighted by Gasteiger charge is 2.40. The molecule has 0 saturated heterocycles. The molecular weight excluding hydrogens is 437 g/mol. The van der Waals surface area contributed by atoms with Crippen molar-refractivity contribution in [1.82, 2.24) is 39.2 Å². The summed E-state index contributed by atoms with van der Waals surface area (Å²) in [6.07, 6.45) is -0.505. The molecule has 0 spiro atoms. The first-order chi connectivity index (χ1) is 15.8. The van der Waals surface area contributed by atoms with E-state index in [1.165, 1.54) is 17.1 Å². The lowest BCUT2D eigenvalue weighted by Crippen LogP contribution is -2.42. The quantitative estimate of drug-likeness (QED) is 0.511. The number of aromatic nitrogens is 7. The summed E-state index contributed by atoms with van der Waals surface area (Å²) in [5.41, 5.74) is 1.09. The molecule has 0 radical (unpaired) electrons. The van der Waals surface area contributed by atoms with Gasteiger partial charge in [0.15, 0.2) is 5.82 Å². The number of nitrogens with zero attached hydrogens (tertiary/aromatic N) is 7. The van der Waals surface area contributed by atoms with Gasteiger partial charge >= 0.3 is 6.18 Å². The van der Waals surface area contributed by atoms with Crippen molar-refractivity contribution >= 4 is 11.4 Å². The van der Waals surface area contributed by atoms with Crippen LogP contribution in [0.1, 0.15) is 64.0 Å². The van der Waals surface area contributed by atoms with E-state index in [0.717, 1.165) is 29.1 Å². The van der Waals surface area contributed by atoms with E-state index in [1.807, 2.05) is 0 Å². The molecular formula is C21H19F3N8O. The van der Waals surface area contributed by atoms with E-state index < -0.39 is 17.9 Å². The summed E-state index contributed by atoms with van der Waals surface area (Å²) >= 11 is 0. The summed E-state index contributed by atoms with van der Waals surface area (Å²) in [5, 5.41) is 8.67. The molecule has 1 amide bonds. The molecule has 4 aromatic heterocycles. The van der Waals surface area contributed by atoms with Crippen LogP contribution in [-0.2, 0) is 19.6 Å². The van der Waals surface area contributed by atoms with Crippen LogP contribution in [0.4, 0.5) is 13.2 Å². The number of H-pyrrole nitrogens is 1. The number of aromatic amines is 1. The summed E-state index contributed by atoms with van der Waals surface area (Å²) in [6, 6.07) is 4.68. The molecule has 5 heterocycles. The van der Waals surface area contributed by atoms with Crippen LogP contribution in [0.25, 0.3) is 5.52 Å². The molecule has 1 N–H and O–H groups in total. The molecule has 1 aliphatic heterocycles. The van der Waals surface area contributed by atoms with Crippen LogP contribution in [0, 0.1) is 0 Å². The fourth-order valence-electron chi connectivity index (χ4n) is 4.41. The highest BCUT2D eigenvalue weighted by Crippen LogP contribution is 2.39. The van der Waals surface area contributed by atoms with Gasteiger partial charge in [0.1, 0.15) is 11.7 Å². The van der Waals surface area contributed by atoms with Crippen LogP contribution in [0.2, 0.25) is 0 Å². The average Bonchev–Trinajstić information content (AvgIpc) is 3.18. The highest BCUT2D eigenvalue weighted by atomic mass is 19.4. The van der Waals surface area contributed by atoms with Crippen molar-refractivity contribution in [3.8, 4) is 0 Å². The zero-order chi connectivity index (χ0) is 22.9. The van der Waals surface area contributed by atoms with Crippen LogP contribution in [0.15, 0.2) is 30.6 Å². The second-order valence-electron chi connectivity index (χ2n) is 8.42. The first kappa shape index (κ1) is 19.9. The zero-order valence-corrected chi connectivity index (χ0v) is 17.5. The maximum atomic E-state index is 13.6. The molecule has 33 heavy (non-hydrogen) atoms. The largest absolute Gasteiger partial charge is 0.433 e. The number of hydrogen-bond acceptors (Lipinski definition) is 5. The van der Waals surface area contributed by atoms with Gasteiger partial charge in [-0.3, -0.25) is 4.79 Å². The Morgan fingerprint density at radius 3 is 2.79 bits per heavy atom. The Labute approximate surface area is 185 Å². The van der Waals surface area contributed by atoms with Gasteiger partial charge in [0.25, 0.3) is 5.91 Å². The number of fused-ring (bicyclic) bond motifs is 2. The van der Waals surface area contributed by atoms with E-state index in [-0.39, 0.29) is 23.2 Å². The van der Waals surface area contributed by atoms with E-state index in [9.17, 15) is 18.0 Å². The minimum Gasteiger partial charge on any atom is -0.348 e. The number of aryl methyl sites for hydroxylation is 1. The minimum absolute atomic E-state index is 0.195. The van der Waals surface area contributed by atoms with Crippen LogP contribution in [0.5, 0.6) is 0 Å². The molecule has 6 rings (SSSR count). The van der Waals surface area contributed by atoms with Gasteiger partial charge in [-0.2, -0.15) is 23.4 Å². The van der Waals surface area contributed by atoms with Crippen molar-refractivity contribution in [2.24, 2.45) is 7.05 Å².